The van der Waals surface area contributed by atoms with Gasteiger partial charge in [0.2, 0.25) is 10.0 Å². The molecule has 1 atom stereocenters. The molecule has 1 aliphatic rings. The molecule has 7 heteroatoms. The van der Waals surface area contributed by atoms with Crippen LogP contribution in [0.3, 0.4) is 0 Å². The maximum Gasteiger partial charge on any atom is 0.243 e. The number of methoxy groups -OCH3 is 1. The van der Waals surface area contributed by atoms with Crippen molar-refractivity contribution in [2.24, 2.45) is 0 Å². The van der Waals surface area contributed by atoms with E-state index in [4.69, 9.17) is 4.74 Å². The lowest BCUT2D eigenvalue weighted by molar-refractivity contribution is 0.315. The fourth-order valence-electron chi connectivity index (χ4n) is 2.71. The molecule has 0 saturated carbocycles. The van der Waals surface area contributed by atoms with Gasteiger partial charge in [0, 0.05) is 36.7 Å². The zero-order valence-corrected chi connectivity index (χ0v) is 13.9. The van der Waals surface area contributed by atoms with Gasteiger partial charge < -0.3 is 4.74 Å². The third-order valence-electron chi connectivity index (χ3n) is 3.86. The van der Waals surface area contributed by atoms with E-state index in [1.54, 1.807) is 46.1 Å². The summed E-state index contributed by atoms with van der Waals surface area (Å²) in [4.78, 5) is 4.62. The average Bonchev–Trinajstić information content (AvgIpc) is 3.09. The van der Waals surface area contributed by atoms with Crippen LogP contribution >= 0.6 is 11.3 Å². The van der Waals surface area contributed by atoms with Gasteiger partial charge in [-0.1, -0.05) is 6.07 Å². The summed E-state index contributed by atoms with van der Waals surface area (Å²) in [7, 11) is -1.96. The van der Waals surface area contributed by atoms with Crippen molar-refractivity contribution >= 4 is 21.4 Å². The van der Waals surface area contributed by atoms with Gasteiger partial charge in [-0.3, -0.25) is 0 Å². The second-order valence-corrected chi connectivity index (χ2v) is 8.12. The summed E-state index contributed by atoms with van der Waals surface area (Å²) in [6.07, 6.45) is 3.61. The summed E-state index contributed by atoms with van der Waals surface area (Å²) in [5.74, 6) is 0.740. The van der Waals surface area contributed by atoms with Gasteiger partial charge in [0.15, 0.2) is 0 Å². The van der Waals surface area contributed by atoms with Crippen molar-refractivity contribution in [2.45, 2.75) is 23.7 Å². The van der Waals surface area contributed by atoms with E-state index in [-0.39, 0.29) is 10.8 Å². The Morgan fingerprint density at radius 2 is 2.27 bits per heavy atom. The molecule has 5 nitrogen and oxygen atoms in total. The molecule has 1 fully saturated rings. The van der Waals surface area contributed by atoms with E-state index in [2.05, 4.69) is 4.98 Å². The van der Waals surface area contributed by atoms with Crippen molar-refractivity contribution in [1.82, 2.24) is 9.29 Å². The van der Waals surface area contributed by atoms with Crippen LogP contribution in [0, 0.1) is 0 Å². The van der Waals surface area contributed by atoms with E-state index in [1.165, 1.54) is 7.11 Å². The number of ether oxygens (including phenoxy) is 1. The number of benzene rings is 1. The summed E-state index contributed by atoms with van der Waals surface area (Å²) in [5, 5.41) is 2.95. The van der Waals surface area contributed by atoms with E-state index in [0.717, 1.165) is 17.8 Å². The zero-order valence-electron chi connectivity index (χ0n) is 12.3. The van der Waals surface area contributed by atoms with Crippen molar-refractivity contribution in [2.75, 3.05) is 20.2 Å². The largest absolute Gasteiger partial charge is 0.497 e. The molecule has 2 aromatic rings. The number of piperidine rings is 1. The topological polar surface area (TPSA) is 59.5 Å². The van der Waals surface area contributed by atoms with Crippen LogP contribution in [-0.2, 0) is 10.0 Å². The molecule has 0 radical (unpaired) electrons. The van der Waals surface area contributed by atoms with Crippen LogP contribution in [0.15, 0.2) is 40.7 Å². The number of hydrogen-bond donors (Lipinski definition) is 0. The molecule has 22 heavy (non-hydrogen) atoms. The Morgan fingerprint density at radius 3 is 3.00 bits per heavy atom. The Kier molecular flexibility index (Phi) is 4.46. The Bertz CT molecular complexity index is 729. The van der Waals surface area contributed by atoms with E-state index in [9.17, 15) is 8.42 Å². The molecule has 1 saturated heterocycles. The van der Waals surface area contributed by atoms with Crippen LogP contribution in [0.2, 0.25) is 0 Å². The van der Waals surface area contributed by atoms with E-state index < -0.39 is 10.0 Å². The number of hydrogen-bond acceptors (Lipinski definition) is 5. The van der Waals surface area contributed by atoms with E-state index >= 15 is 0 Å². The highest BCUT2D eigenvalue weighted by Gasteiger charge is 2.31. The number of sulfonamides is 1. The first-order chi connectivity index (χ1) is 10.6. The molecule has 3 rings (SSSR count). The van der Waals surface area contributed by atoms with Gasteiger partial charge in [-0.05, 0) is 25.0 Å². The van der Waals surface area contributed by atoms with Gasteiger partial charge in [0.25, 0.3) is 0 Å². The lowest BCUT2D eigenvalue weighted by atomic mass is 10.0. The lowest BCUT2D eigenvalue weighted by Crippen LogP contribution is -2.39. The van der Waals surface area contributed by atoms with Crippen LogP contribution in [-0.4, -0.2) is 37.9 Å². The second-order valence-electron chi connectivity index (χ2n) is 5.25. The first-order valence-corrected chi connectivity index (χ1v) is 9.47. The van der Waals surface area contributed by atoms with Crippen molar-refractivity contribution < 1.29 is 13.2 Å². The highest BCUT2D eigenvalue weighted by atomic mass is 32.2. The highest BCUT2D eigenvalue weighted by molar-refractivity contribution is 7.89. The number of nitrogens with zero attached hydrogens (tertiary/aromatic N) is 2. The minimum absolute atomic E-state index is 0.189. The summed E-state index contributed by atoms with van der Waals surface area (Å²) < 4.78 is 32.3. The summed E-state index contributed by atoms with van der Waals surface area (Å²) in [5.41, 5.74) is 0. The number of aromatic nitrogens is 1. The Labute approximate surface area is 134 Å². The standard InChI is InChI=1S/C15H18N2O3S2/c1-20-13-5-2-6-14(10-13)22(18,19)17-8-3-4-12(11-17)15-16-7-9-21-15/h2,5-7,9-10,12H,3-4,8,11H2,1H3/t12-/m1/s1. The monoisotopic (exact) mass is 338 g/mol. The minimum Gasteiger partial charge on any atom is -0.497 e. The maximum atomic E-state index is 12.8. The molecule has 1 aromatic heterocycles. The Morgan fingerprint density at radius 1 is 1.41 bits per heavy atom. The molecular formula is C15H18N2O3S2. The molecule has 1 aromatic carbocycles. The van der Waals surface area contributed by atoms with Crippen LogP contribution in [0.5, 0.6) is 5.75 Å². The van der Waals surface area contributed by atoms with Crippen molar-refractivity contribution in [3.8, 4) is 5.75 Å². The SMILES string of the molecule is COc1cccc(S(=O)(=O)N2CCC[C@@H](c3nccs3)C2)c1. The van der Waals surface area contributed by atoms with Gasteiger partial charge in [-0.15, -0.1) is 11.3 Å². The predicted molar refractivity (Wildman–Crippen MR) is 85.8 cm³/mol. The van der Waals surface area contributed by atoms with Crippen molar-refractivity contribution in [1.29, 1.82) is 0 Å². The van der Waals surface area contributed by atoms with Crippen LogP contribution in [0.1, 0.15) is 23.8 Å². The highest BCUT2D eigenvalue weighted by Crippen LogP contribution is 2.31. The lowest BCUT2D eigenvalue weighted by Gasteiger charge is -2.31. The predicted octanol–water partition coefficient (Wildman–Crippen LogP) is 2.72. The van der Waals surface area contributed by atoms with Gasteiger partial charge in [-0.2, -0.15) is 4.31 Å². The molecular weight excluding hydrogens is 320 g/mol. The summed E-state index contributed by atoms with van der Waals surface area (Å²) >= 11 is 1.59. The minimum atomic E-state index is -3.49. The zero-order chi connectivity index (χ0) is 15.6. The van der Waals surface area contributed by atoms with Crippen molar-refractivity contribution in [3.63, 3.8) is 0 Å². The van der Waals surface area contributed by atoms with Gasteiger partial charge in [0.1, 0.15) is 5.75 Å². The molecule has 1 aliphatic heterocycles. The summed E-state index contributed by atoms with van der Waals surface area (Å²) in [6, 6.07) is 6.63. The molecule has 0 spiro atoms. The molecule has 2 heterocycles. The third kappa shape index (κ3) is 3.02. The fraction of sp³-hybridized carbons (Fsp3) is 0.400. The third-order valence-corrected chi connectivity index (χ3v) is 6.66. The maximum absolute atomic E-state index is 12.8. The molecule has 0 N–H and O–H groups in total. The molecule has 0 unspecified atom stereocenters. The molecule has 118 valence electrons. The Hall–Kier alpha value is -1.44. The van der Waals surface area contributed by atoms with Crippen LogP contribution < -0.4 is 4.74 Å². The number of thiazole rings is 1. The molecule has 0 amide bonds. The van der Waals surface area contributed by atoms with E-state index in [0.29, 0.717) is 18.8 Å². The van der Waals surface area contributed by atoms with Crippen LogP contribution in [0.25, 0.3) is 0 Å². The van der Waals surface area contributed by atoms with E-state index in [1.807, 2.05) is 5.38 Å². The Balaban J connectivity index is 1.85. The molecule has 0 bridgehead atoms. The van der Waals surface area contributed by atoms with Gasteiger partial charge >= 0.3 is 0 Å². The second kappa shape index (κ2) is 6.36. The first-order valence-electron chi connectivity index (χ1n) is 7.15. The smallest absolute Gasteiger partial charge is 0.243 e. The van der Waals surface area contributed by atoms with Gasteiger partial charge in [0.05, 0.1) is 17.0 Å². The van der Waals surface area contributed by atoms with Gasteiger partial charge in [-0.25, -0.2) is 13.4 Å². The first kappa shape index (κ1) is 15.5. The summed E-state index contributed by atoms with van der Waals surface area (Å²) in [6.45, 7) is 1.05. The average molecular weight is 338 g/mol. The molecule has 0 aliphatic carbocycles. The van der Waals surface area contributed by atoms with Crippen molar-refractivity contribution in [3.05, 3.63) is 40.8 Å². The normalized spacial score (nSPS) is 20.0. The number of rotatable bonds is 4. The van der Waals surface area contributed by atoms with Crippen LogP contribution in [0.4, 0.5) is 0 Å². The fourth-order valence-corrected chi connectivity index (χ4v) is 5.04. The quantitative estimate of drug-likeness (QED) is 0.860.